The second-order valence-corrected chi connectivity index (χ2v) is 4.93. The minimum Gasteiger partial charge on any atom is -0.315 e. The summed E-state index contributed by atoms with van der Waals surface area (Å²) < 4.78 is 1.37. The molecule has 2 aromatic heterocycles. The number of nitro benzene ring substituents is 1. The van der Waals surface area contributed by atoms with Crippen LogP contribution in [0.15, 0.2) is 43.0 Å². The molecule has 1 aromatic carbocycles. The number of aromatic nitrogens is 5. The third-order valence-corrected chi connectivity index (χ3v) is 3.18. The first-order valence-corrected chi connectivity index (χ1v) is 6.86. The van der Waals surface area contributed by atoms with Crippen molar-refractivity contribution in [3.63, 3.8) is 0 Å². The third kappa shape index (κ3) is 3.17. The van der Waals surface area contributed by atoms with Gasteiger partial charge in [0.25, 0.3) is 11.6 Å². The van der Waals surface area contributed by atoms with Gasteiger partial charge < -0.3 is 5.32 Å². The Hall–Kier alpha value is -3.40. The topological polar surface area (TPSA) is 129 Å². The summed E-state index contributed by atoms with van der Waals surface area (Å²) in [5.74, 6) is -0.282. The Bertz CT molecular complexity index is 896. The lowest BCUT2D eigenvalue weighted by Crippen LogP contribution is -2.16. The first-order valence-electron chi connectivity index (χ1n) is 6.48. The van der Waals surface area contributed by atoms with Crippen LogP contribution in [0, 0.1) is 10.1 Å². The highest BCUT2D eigenvalue weighted by atomic mass is 35.5. The van der Waals surface area contributed by atoms with Crippen molar-refractivity contribution in [2.24, 2.45) is 0 Å². The number of carbonyl (C=O) groups excluding carboxylic acids is 1. The molecule has 3 rings (SSSR count). The molecule has 0 spiro atoms. The summed E-state index contributed by atoms with van der Waals surface area (Å²) in [6.07, 6.45) is 2.76. The molecule has 0 atom stereocenters. The maximum Gasteiger partial charge on any atom is 0.292 e. The molecular weight excluding hydrogens is 338 g/mol. The van der Waals surface area contributed by atoms with Gasteiger partial charge in [-0.25, -0.2) is 9.67 Å². The predicted octanol–water partition coefficient (Wildman–Crippen LogP) is 1.87. The Balaban J connectivity index is 1.83. The minimum absolute atomic E-state index is 0.0202. The molecule has 0 bridgehead atoms. The van der Waals surface area contributed by atoms with Crippen molar-refractivity contribution < 1.29 is 9.72 Å². The van der Waals surface area contributed by atoms with Crippen molar-refractivity contribution in [2.75, 3.05) is 5.32 Å². The van der Waals surface area contributed by atoms with Crippen molar-refractivity contribution in [2.45, 2.75) is 0 Å². The van der Waals surface area contributed by atoms with E-state index < -0.39 is 10.8 Å². The average molecular weight is 346 g/mol. The van der Waals surface area contributed by atoms with E-state index in [9.17, 15) is 14.9 Å². The second-order valence-electron chi connectivity index (χ2n) is 4.49. The molecule has 0 aliphatic rings. The molecule has 0 aliphatic carbocycles. The number of hydrogen-bond acceptors (Lipinski definition) is 7. The van der Waals surface area contributed by atoms with Crippen LogP contribution in [0.1, 0.15) is 10.5 Å². The number of amides is 1. The van der Waals surface area contributed by atoms with Gasteiger partial charge in [0, 0.05) is 11.1 Å². The first-order chi connectivity index (χ1) is 11.5. The van der Waals surface area contributed by atoms with Gasteiger partial charge in [-0.2, -0.15) is 5.10 Å². The van der Waals surface area contributed by atoms with Crippen LogP contribution in [-0.2, 0) is 0 Å². The van der Waals surface area contributed by atoms with Gasteiger partial charge in [-0.15, -0.1) is 10.2 Å². The molecule has 0 aliphatic heterocycles. The Morgan fingerprint density at radius 3 is 2.71 bits per heavy atom. The lowest BCUT2D eigenvalue weighted by molar-refractivity contribution is -0.383. The van der Waals surface area contributed by atoms with Gasteiger partial charge in [-0.1, -0.05) is 11.6 Å². The van der Waals surface area contributed by atoms with Gasteiger partial charge in [-0.3, -0.25) is 14.9 Å². The summed E-state index contributed by atoms with van der Waals surface area (Å²) in [5, 5.41) is 25.2. The van der Waals surface area contributed by atoms with E-state index in [1.807, 2.05) is 0 Å². The molecule has 1 amide bonds. The molecule has 0 saturated carbocycles. The molecule has 10 nitrogen and oxygen atoms in total. The van der Waals surface area contributed by atoms with Crippen LogP contribution in [-0.4, -0.2) is 35.8 Å². The van der Waals surface area contributed by atoms with Crippen LogP contribution in [0.4, 0.5) is 11.4 Å². The summed E-state index contributed by atoms with van der Waals surface area (Å²) in [4.78, 5) is 26.3. The van der Waals surface area contributed by atoms with E-state index in [0.29, 0.717) is 5.82 Å². The van der Waals surface area contributed by atoms with Crippen molar-refractivity contribution >= 4 is 28.9 Å². The monoisotopic (exact) mass is 345 g/mol. The molecule has 120 valence electrons. The molecule has 0 saturated heterocycles. The zero-order valence-corrected chi connectivity index (χ0v) is 12.6. The Morgan fingerprint density at radius 2 is 2.08 bits per heavy atom. The number of halogens is 1. The average Bonchev–Trinajstić information content (AvgIpc) is 3.09. The van der Waals surface area contributed by atoms with Crippen LogP contribution >= 0.6 is 11.6 Å². The Morgan fingerprint density at radius 1 is 1.25 bits per heavy atom. The predicted molar refractivity (Wildman–Crippen MR) is 83.0 cm³/mol. The molecule has 3 aromatic rings. The minimum atomic E-state index is -0.655. The van der Waals surface area contributed by atoms with E-state index in [4.69, 9.17) is 11.6 Å². The number of rotatable bonds is 4. The molecule has 24 heavy (non-hydrogen) atoms. The normalized spacial score (nSPS) is 10.4. The van der Waals surface area contributed by atoms with Crippen molar-refractivity contribution in [1.29, 1.82) is 0 Å². The lowest BCUT2D eigenvalue weighted by Gasteiger charge is -2.06. The van der Waals surface area contributed by atoms with Gasteiger partial charge in [0.05, 0.1) is 4.92 Å². The zero-order valence-electron chi connectivity index (χ0n) is 11.8. The van der Waals surface area contributed by atoms with Gasteiger partial charge in [0.15, 0.2) is 11.5 Å². The van der Waals surface area contributed by atoms with E-state index in [1.165, 1.54) is 47.7 Å². The van der Waals surface area contributed by atoms with Gasteiger partial charge >= 0.3 is 0 Å². The van der Waals surface area contributed by atoms with Crippen molar-refractivity contribution in [3.8, 4) is 5.82 Å². The van der Waals surface area contributed by atoms with Crippen LogP contribution in [0.2, 0.25) is 5.02 Å². The largest absolute Gasteiger partial charge is 0.315 e. The smallest absolute Gasteiger partial charge is 0.292 e. The number of hydrogen-bond donors (Lipinski definition) is 1. The van der Waals surface area contributed by atoms with E-state index in [0.717, 1.165) is 0 Å². The molecule has 0 fully saturated rings. The molecule has 0 unspecified atom stereocenters. The van der Waals surface area contributed by atoms with E-state index in [2.05, 4.69) is 25.6 Å². The summed E-state index contributed by atoms with van der Waals surface area (Å²) in [6.45, 7) is 0. The fraction of sp³-hybridized carbons (Fsp3) is 0. The number of nitrogens with zero attached hydrogens (tertiary/aromatic N) is 6. The number of anilines is 1. The fourth-order valence-electron chi connectivity index (χ4n) is 1.85. The standard InChI is InChI=1S/C13H8ClN7O3/c14-8-1-3-11(21(23)24)10(5-8)17-13(22)9-2-4-12(19-18-9)20-7-15-6-16-20/h1-7H,(H,17,22). The maximum atomic E-state index is 12.2. The van der Waals surface area contributed by atoms with Crippen LogP contribution in [0.25, 0.3) is 5.82 Å². The van der Waals surface area contributed by atoms with Crippen LogP contribution in [0.5, 0.6) is 0 Å². The summed E-state index contributed by atoms with van der Waals surface area (Å²) >= 11 is 5.81. The zero-order chi connectivity index (χ0) is 17.1. The highest BCUT2D eigenvalue weighted by molar-refractivity contribution is 6.31. The van der Waals surface area contributed by atoms with E-state index in [-0.39, 0.29) is 22.1 Å². The van der Waals surface area contributed by atoms with Crippen LogP contribution in [0.3, 0.4) is 0 Å². The SMILES string of the molecule is O=C(Nc1cc(Cl)ccc1[N+](=O)[O-])c1ccc(-n2cncn2)nn1. The summed E-state index contributed by atoms with van der Waals surface area (Å²) in [6, 6.07) is 6.78. The molecule has 1 N–H and O–H groups in total. The third-order valence-electron chi connectivity index (χ3n) is 2.94. The number of nitro groups is 1. The number of nitrogens with one attached hydrogen (secondary N) is 1. The molecule has 0 radical (unpaired) electrons. The Kier molecular flexibility index (Phi) is 4.12. The van der Waals surface area contributed by atoms with Crippen LogP contribution < -0.4 is 5.32 Å². The van der Waals surface area contributed by atoms with Gasteiger partial charge in [0.1, 0.15) is 18.3 Å². The lowest BCUT2D eigenvalue weighted by atomic mass is 10.2. The molecular formula is C13H8ClN7O3. The maximum absolute atomic E-state index is 12.2. The quantitative estimate of drug-likeness (QED) is 0.564. The van der Waals surface area contributed by atoms with Gasteiger partial charge in [0.2, 0.25) is 0 Å². The highest BCUT2D eigenvalue weighted by Gasteiger charge is 2.18. The summed E-state index contributed by atoms with van der Waals surface area (Å²) in [7, 11) is 0. The van der Waals surface area contributed by atoms with E-state index >= 15 is 0 Å². The van der Waals surface area contributed by atoms with Gasteiger partial charge in [-0.05, 0) is 24.3 Å². The Labute approximate surface area is 139 Å². The highest BCUT2D eigenvalue weighted by Crippen LogP contribution is 2.27. The first kappa shape index (κ1) is 15.5. The van der Waals surface area contributed by atoms with E-state index in [1.54, 1.807) is 0 Å². The van der Waals surface area contributed by atoms with Crippen molar-refractivity contribution in [1.82, 2.24) is 25.0 Å². The van der Waals surface area contributed by atoms with Crippen molar-refractivity contribution in [3.05, 3.63) is 63.8 Å². The second kappa shape index (κ2) is 6.38. The molecule has 2 heterocycles. The molecule has 11 heteroatoms. The number of benzene rings is 1. The fourth-order valence-corrected chi connectivity index (χ4v) is 2.02. The summed E-state index contributed by atoms with van der Waals surface area (Å²) in [5.41, 5.74) is -0.326. The number of carbonyl (C=O) groups is 1.